The van der Waals surface area contributed by atoms with Gasteiger partial charge < -0.3 is 15.0 Å². The molecule has 3 aromatic rings. The van der Waals surface area contributed by atoms with Crippen molar-refractivity contribution in [2.24, 2.45) is 0 Å². The number of hydrogen-bond acceptors (Lipinski definition) is 5. The minimum Gasteiger partial charge on any atom is -0.489 e. The van der Waals surface area contributed by atoms with Gasteiger partial charge in [0.25, 0.3) is 0 Å². The average molecular weight is 586 g/mol. The number of carbonyl (C=O) groups is 2. The smallest absolute Gasteiger partial charge is 0.244 e. The first kappa shape index (κ1) is 31.0. The third-order valence-corrected chi connectivity index (χ3v) is 7.67. The number of rotatable bonds is 14. The van der Waals surface area contributed by atoms with Crippen molar-refractivity contribution < 1.29 is 22.7 Å². The van der Waals surface area contributed by atoms with Gasteiger partial charge in [0, 0.05) is 18.1 Å². The fourth-order valence-electron chi connectivity index (χ4n) is 4.01. The minimum absolute atomic E-state index is 0.0889. The molecule has 0 fully saturated rings. The summed E-state index contributed by atoms with van der Waals surface area (Å²) in [5, 5.41) is 3.35. The van der Waals surface area contributed by atoms with Crippen molar-refractivity contribution in [3.63, 3.8) is 0 Å². The van der Waals surface area contributed by atoms with Crippen LogP contribution in [0.3, 0.4) is 0 Å². The van der Waals surface area contributed by atoms with Gasteiger partial charge in [0.15, 0.2) is 0 Å². The number of benzene rings is 3. The molecule has 40 heavy (non-hydrogen) atoms. The maximum Gasteiger partial charge on any atom is 0.244 e. The normalized spacial score (nSPS) is 11.9. The highest BCUT2D eigenvalue weighted by Crippen LogP contribution is 2.23. The number of nitrogens with one attached hydrogen (secondary N) is 1. The molecule has 0 aliphatic carbocycles. The van der Waals surface area contributed by atoms with E-state index in [-0.39, 0.29) is 12.5 Å². The van der Waals surface area contributed by atoms with Crippen molar-refractivity contribution >= 4 is 39.1 Å². The maximum absolute atomic E-state index is 13.6. The molecule has 2 amide bonds. The summed E-state index contributed by atoms with van der Waals surface area (Å²) in [5.41, 5.74) is 2.04. The standard InChI is InChI=1S/C30H36ClN3O5S/c1-4-5-18-32-30(36)23(2)33(20-25-12-9-13-26(31)19-25)29(35)21-34(40(3,37)38)27-14-16-28(17-15-27)39-22-24-10-7-6-8-11-24/h6-17,19,23H,4-5,18,20-22H2,1-3H3,(H,32,36). The summed E-state index contributed by atoms with van der Waals surface area (Å²) in [5.74, 6) is -0.269. The second-order valence-electron chi connectivity index (χ2n) is 9.51. The molecule has 10 heteroatoms. The average Bonchev–Trinajstić information content (AvgIpc) is 2.93. The quantitative estimate of drug-likeness (QED) is 0.268. The molecular weight excluding hydrogens is 550 g/mol. The van der Waals surface area contributed by atoms with E-state index in [4.69, 9.17) is 16.3 Å². The number of hydrogen-bond donors (Lipinski definition) is 1. The van der Waals surface area contributed by atoms with Crippen LogP contribution in [0.5, 0.6) is 5.75 Å². The van der Waals surface area contributed by atoms with E-state index >= 15 is 0 Å². The molecule has 0 heterocycles. The Morgan fingerprint density at radius 1 is 0.975 bits per heavy atom. The lowest BCUT2D eigenvalue weighted by Gasteiger charge is -2.31. The van der Waals surface area contributed by atoms with E-state index in [9.17, 15) is 18.0 Å². The molecule has 3 aromatic carbocycles. The lowest BCUT2D eigenvalue weighted by atomic mass is 10.1. The second kappa shape index (κ2) is 14.7. The van der Waals surface area contributed by atoms with E-state index in [1.54, 1.807) is 55.5 Å². The van der Waals surface area contributed by atoms with Crippen LogP contribution in [0.1, 0.15) is 37.8 Å². The largest absolute Gasteiger partial charge is 0.489 e. The Kier molecular flexibility index (Phi) is 11.4. The number of carbonyl (C=O) groups excluding carboxylic acids is 2. The van der Waals surface area contributed by atoms with E-state index in [0.29, 0.717) is 29.6 Å². The molecule has 0 saturated carbocycles. The van der Waals surface area contributed by atoms with Crippen LogP contribution in [0, 0.1) is 0 Å². The summed E-state index contributed by atoms with van der Waals surface area (Å²) in [6.45, 7) is 4.12. The molecule has 3 rings (SSSR count). The molecule has 0 aliphatic heterocycles. The molecule has 8 nitrogen and oxygen atoms in total. The Bertz CT molecular complexity index is 1370. The highest BCUT2D eigenvalue weighted by Gasteiger charge is 2.30. The molecule has 1 N–H and O–H groups in total. The fraction of sp³-hybridized carbons (Fsp3) is 0.333. The molecule has 214 valence electrons. The van der Waals surface area contributed by atoms with E-state index in [0.717, 1.165) is 34.5 Å². The summed E-state index contributed by atoms with van der Waals surface area (Å²) >= 11 is 6.15. The lowest BCUT2D eigenvalue weighted by molar-refractivity contribution is -0.139. The summed E-state index contributed by atoms with van der Waals surface area (Å²) in [7, 11) is -3.83. The zero-order valence-electron chi connectivity index (χ0n) is 23.0. The highest BCUT2D eigenvalue weighted by molar-refractivity contribution is 7.92. The van der Waals surface area contributed by atoms with Crippen molar-refractivity contribution in [3.8, 4) is 5.75 Å². The lowest BCUT2D eigenvalue weighted by Crippen LogP contribution is -2.51. The number of anilines is 1. The van der Waals surface area contributed by atoms with Crippen LogP contribution in [0.4, 0.5) is 5.69 Å². The number of sulfonamides is 1. The molecule has 0 radical (unpaired) electrons. The van der Waals surface area contributed by atoms with Crippen molar-refractivity contribution in [2.75, 3.05) is 23.7 Å². The van der Waals surface area contributed by atoms with E-state index in [1.165, 1.54) is 4.90 Å². The Balaban J connectivity index is 1.80. The predicted octanol–water partition coefficient (Wildman–Crippen LogP) is 5.02. The number of halogens is 1. The maximum atomic E-state index is 13.6. The Morgan fingerprint density at radius 3 is 2.27 bits per heavy atom. The Morgan fingerprint density at radius 2 is 1.65 bits per heavy atom. The number of ether oxygens (including phenoxy) is 1. The molecule has 0 aliphatic rings. The molecule has 0 saturated heterocycles. The monoisotopic (exact) mass is 585 g/mol. The van der Waals surface area contributed by atoms with Gasteiger partial charge in [-0.1, -0.05) is 67.4 Å². The van der Waals surface area contributed by atoms with Gasteiger partial charge in [0.1, 0.15) is 24.9 Å². The summed E-state index contributed by atoms with van der Waals surface area (Å²) < 4.78 is 32.4. The SMILES string of the molecule is CCCCNC(=O)C(C)N(Cc1cccc(Cl)c1)C(=O)CN(c1ccc(OCc2ccccc2)cc1)S(C)(=O)=O. The summed E-state index contributed by atoms with van der Waals surface area (Å²) in [6.07, 6.45) is 2.77. The molecule has 0 spiro atoms. The first-order valence-corrected chi connectivity index (χ1v) is 15.4. The van der Waals surface area contributed by atoms with Crippen molar-refractivity contribution in [1.82, 2.24) is 10.2 Å². The van der Waals surface area contributed by atoms with Gasteiger partial charge >= 0.3 is 0 Å². The zero-order valence-corrected chi connectivity index (χ0v) is 24.6. The predicted molar refractivity (Wildman–Crippen MR) is 159 cm³/mol. The molecule has 0 aromatic heterocycles. The third kappa shape index (κ3) is 9.27. The van der Waals surface area contributed by atoms with Crippen LogP contribution in [0.25, 0.3) is 0 Å². The molecule has 1 unspecified atom stereocenters. The van der Waals surface area contributed by atoms with Crippen LogP contribution < -0.4 is 14.4 Å². The van der Waals surface area contributed by atoms with E-state index in [1.807, 2.05) is 37.3 Å². The van der Waals surface area contributed by atoms with Crippen LogP contribution in [0.2, 0.25) is 5.02 Å². The van der Waals surface area contributed by atoms with Gasteiger partial charge in [-0.15, -0.1) is 0 Å². The highest BCUT2D eigenvalue weighted by atomic mass is 35.5. The minimum atomic E-state index is -3.83. The van der Waals surface area contributed by atoms with Crippen LogP contribution in [-0.4, -0.2) is 50.5 Å². The van der Waals surface area contributed by atoms with Gasteiger partial charge in [-0.25, -0.2) is 8.42 Å². The van der Waals surface area contributed by atoms with E-state index < -0.39 is 28.5 Å². The Labute approximate surface area is 241 Å². The number of amides is 2. The topological polar surface area (TPSA) is 96.0 Å². The van der Waals surface area contributed by atoms with E-state index in [2.05, 4.69) is 5.32 Å². The number of unbranched alkanes of at least 4 members (excludes halogenated alkanes) is 1. The third-order valence-electron chi connectivity index (χ3n) is 6.29. The molecule has 0 bridgehead atoms. The van der Waals surface area contributed by atoms with Crippen molar-refractivity contribution in [1.29, 1.82) is 0 Å². The summed E-state index contributed by atoms with van der Waals surface area (Å²) in [4.78, 5) is 27.9. The van der Waals surface area contributed by atoms with Gasteiger partial charge in [-0.05, 0) is 60.9 Å². The van der Waals surface area contributed by atoms with Crippen molar-refractivity contribution in [3.05, 3.63) is 95.0 Å². The van der Waals surface area contributed by atoms with Crippen LogP contribution in [-0.2, 0) is 32.8 Å². The number of nitrogens with zero attached hydrogens (tertiary/aromatic N) is 2. The Hall–Kier alpha value is -3.56. The fourth-order valence-corrected chi connectivity index (χ4v) is 5.08. The molecular formula is C30H36ClN3O5S. The first-order chi connectivity index (χ1) is 19.1. The first-order valence-electron chi connectivity index (χ1n) is 13.1. The van der Waals surface area contributed by atoms with Gasteiger partial charge in [-0.3, -0.25) is 13.9 Å². The second-order valence-corrected chi connectivity index (χ2v) is 11.9. The van der Waals surface area contributed by atoms with Gasteiger partial charge in [0.2, 0.25) is 21.8 Å². The summed E-state index contributed by atoms with van der Waals surface area (Å²) in [6, 6.07) is 22.3. The zero-order chi connectivity index (χ0) is 29.1. The van der Waals surface area contributed by atoms with Crippen molar-refractivity contribution in [2.45, 2.75) is 45.9 Å². The molecule has 1 atom stereocenters. The van der Waals surface area contributed by atoms with Crippen LogP contribution >= 0.6 is 11.6 Å². The van der Waals surface area contributed by atoms with Crippen LogP contribution in [0.15, 0.2) is 78.9 Å². The van der Waals surface area contributed by atoms with Gasteiger partial charge in [0.05, 0.1) is 11.9 Å². The van der Waals surface area contributed by atoms with Gasteiger partial charge in [-0.2, -0.15) is 0 Å².